The summed E-state index contributed by atoms with van der Waals surface area (Å²) in [6, 6.07) is 13.3. The second-order valence-electron chi connectivity index (χ2n) is 5.23. The van der Waals surface area contributed by atoms with Crippen molar-refractivity contribution in [3.8, 4) is 16.9 Å². The lowest BCUT2D eigenvalue weighted by atomic mass is 9.98. The average molecular weight is 328 g/mol. The highest BCUT2D eigenvalue weighted by molar-refractivity contribution is 6.32. The van der Waals surface area contributed by atoms with Crippen LogP contribution in [0.25, 0.3) is 11.1 Å². The van der Waals surface area contributed by atoms with Crippen molar-refractivity contribution >= 4 is 11.6 Å². The molecule has 0 N–H and O–H groups in total. The number of hydrogen-bond acceptors (Lipinski definition) is 1. The van der Waals surface area contributed by atoms with E-state index in [0.29, 0.717) is 11.5 Å². The van der Waals surface area contributed by atoms with E-state index in [4.69, 9.17) is 16.3 Å². The third-order valence-corrected chi connectivity index (χ3v) is 3.45. The van der Waals surface area contributed by atoms with Gasteiger partial charge in [-0.05, 0) is 35.2 Å². The van der Waals surface area contributed by atoms with Gasteiger partial charge >= 0.3 is 6.18 Å². The van der Waals surface area contributed by atoms with Crippen molar-refractivity contribution in [3.63, 3.8) is 0 Å². The second-order valence-corrected chi connectivity index (χ2v) is 5.63. The molecule has 0 saturated carbocycles. The standard InChI is InChI=1S/C17H15ClF3O/c1-11(2)12-6-8-13(9-7-12)14-4-3-5-15(18)16(14)22-10-17(19,20)21/h4-9,11H,10H2,1-2H3. The van der Waals surface area contributed by atoms with Crippen LogP contribution < -0.4 is 4.74 Å². The maximum Gasteiger partial charge on any atom is 0.422 e. The zero-order valence-electron chi connectivity index (χ0n) is 12.2. The van der Waals surface area contributed by atoms with Crippen molar-refractivity contribution in [1.29, 1.82) is 0 Å². The Labute approximate surface area is 132 Å². The molecule has 0 aromatic heterocycles. The minimum absolute atomic E-state index is 0.0232. The fourth-order valence-corrected chi connectivity index (χ4v) is 2.24. The number of ether oxygens (including phenoxy) is 1. The van der Waals surface area contributed by atoms with E-state index in [1.807, 2.05) is 24.3 Å². The molecule has 0 fully saturated rings. The van der Waals surface area contributed by atoms with Crippen LogP contribution in [-0.4, -0.2) is 12.8 Å². The molecular formula is C17H15ClF3O. The molecule has 0 atom stereocenters. The molecule has 2 aromatic rings. The largest absolute Gasteiger partial charge is 0.482 e. The lowest BCUT2D eigenvalue weighted by molar-refractivity contribution is -0.153. The highest BCUT2D eigenvalue weighted by atomic mass is 35.5. The van der Waals surface area contributed by atoms with E-state index >= 15 is 0 Å². The Balaban J connectivity index is 2.36. The SMILES string of the molecule is CC(C)c1ccc(-c2c[c]cc(Cl)c2OCC(F)(F)F)cc1. The fraction of sp³-hybridized carbons (Fsp3) is 0.294. The summed E-state index contributed by atoms with van der Waals surface area (Å²) in [7, 11) is 0. The van der Waals surface area contributed by atoms with Crippen LogP contribution in [0.2, 0.25) is 5.02 Å². The van der Waals surface area contributed by atoms with Crippen molar-refractivity contribution in [2.24, 2.45) is 0 Å². The predicted octanol–water partition coefficient (Wildman–Crippen LogP) is 5.87. The van der Waals surface area contributed by atoms with Gasteiger partial charge in [0.2, 0.25) is 0 Å². The lowest BCUT2D eigenvalue weighted by Crippen LogP contribution is -2.19. The van der Waals surface area contributed by atoms with E-state index in [0.717, 1.165) is 11.1 Å². The molecule has 0 saturated heterocycles. The van der Waals surface area contributed by atoms with Crippen LogP contribution in [0.1, 0.15) is 25.3 Å². The molecule has 117 valence electrons. The van der Waals surface area contributed by atoms with Gasteiger partial charge in [-0.15, -0.1) is 0 Å². The average Bonchev–Trinajstić information content (AvgIpc) is 2.45. The summed E-state index contributed by atoms with van der Waals surface area (Å²) in [5.41, 5.74) is 2.37. The maximum absolute atomic E-state index is 12.4. The van der Waals surface area contributed by atoms with Gasteiger partial charge in [-0.25, -0.2) is 0 Å². The molecule has 0 amide bonds. The van der Waals surface area contributed by atoms with E-state index in [1.165, 1.54) is 6.07 Å². The van der Waals surface area contributed by atoms with Gasteiger partial charge in [0.1, 0.15) is 5.75 Å². The van der Waals surface area contributed by atoms with Crippen molar-refractivity contribution in [2.75, 3.05) is 6.61 Å². The number of rotatable bonds is 4. The molecule has 0 aliphatic rings. The van der Waals surface area contributed by atoms with E-state index in [9.17, 15) is 13.2 Å². The van der Waals surface area contributed by atoms with Gasteiger partial charge in [-0.3, -0.25) is 0 Å². The Morgan fingerprint density at radius 3 is 2.32 bits per heavy atom. The number of hydrogen-bond donors (Lipinski definition) is 0. The molecule has 1 nitrogen and oxygen atoms in total. The molecule has 2 rings (SSSR count). The zero-order chi connectivity index (χ0) is 16.3. The number of alkyl halides is 3. The quantitative estimate of drug-likeness (QED) is 0.682. The molecule has 1 radical (unpaired) electrons. The first kappa shape index (κ1) is 16.7. The Bertz CT molecular complexity index is 633. The normalized spacial score (nSPS) is 11.8. The number of halogens is 4. The van der Waals surface area contributed by atoms with Gasteiger partial charge in [-0.1, -0.05) is 49.7 Å². The maximum atomic E-state index is 12.4. The van der Waals surface area contributed by atoms with Crippen LogP contribution in [0, 0.1) is 6.07 Å². The minimum Gasteiger partial charge on any atom is -0.482 e. The van der Waals surface area contributed by atoms with Gasteiger partial charge in [-0.2, -0.15) is 13.2 Å². The third-order valence-electron chi connectivity index (χ3n) is 3.17. The Kier molecular flexibility index (Phi) is 5.01. The molecule has 0 spiro atoms. The molecule has 22 heavy (non-hydrogen) atoms. The zero-order valence-corrected chi connectivity index (χ0v) is 12.9. The van der Waals surface area contributed by atoms with Crippen molar-refractivity contribution in [2.45, 2.75) is 25.9 Å². The molecule has 0 bridgehead atoms. The lowest BCUT2D eigenvalue weighted by Gasteiger charge is -2.15. The Morgan fingerprint density at radius 2 is 1.77 bits per heavy atom. The van der Waals surface area contributed by atoms with Crippen LogP contribution in [0.15, 0.2) is 36.4 Å². The van der Waals surface area contributed by atoms with Gasteiger partial charge in [0.15, 0.2) is 6.61 Å². The van der Waals surface area contributed by atoms with Crippen molar-refractivity contribution in [3.05, 3.63) is 53.1 Å². The molecule has 2 aromatic carbocycles. The fourth-order valence-electron chi connectivity index (χ4n) is 2.02. The van der Waals surface area contributed by atoms with E-state index in [-0.39, 0.29) is 10.8 Å². The van der Waals surface area contributed by atoms with E-state index in [2.05, 4.69) is 19.9 Å². The first-order valence-electron chi connectivity index (χ1n) is 6.77. The van der Waals surface area contributed by atoms with E-state index < -0.39 is 12.8 Å². The first-order chi connectivity index (χ1) is 10.3. The van der Waals surface area contributed by atoms with Gasteiger partial charge in [0, 0.05) is 5.56 Å². The monoisotopic (exact) mass is 327 g/mol. The van der Waals surface area contributed by atoms with Crippen LogP contribution in [0.4, 0.5) is 13.2 Å². The van der Waals surface area contributed by atoms with E-state index in [1.54, 1.807) is 6.07 Å². The summed E-state index contributed by atoms with van der Waals surface area (Å²) < 4.78 is 42.0. The number of benzene rings is 2. The molecule has 0 aliphatic heterocycles. The summed E-state index contributed by atoms with van der Waals surface area (Å²) in [6.07, 6.45) is -4.42. The van der Waals surface area contributed by atoms with Gasteiger partial charge in [0.05, 0.1) is 5.02 Å². The molecule has 0 heterocycles. The first-order valence-corrected chi connectivity index (χ1v) is 7.15. The van der Waals surface area contributed by atoms with Gasteiger partial charge in [0.25, 0.3) is 0 Å². The second kappa shape index (κ2) is 6.61. The smallest absolute Gasteiger partial charge is 0.422 e. The summed E-state index contributed by atoms with van der Waals surface area (Å²) in [4.78, 5) is 0. The van der Waals surface area contributed by atoms with Gasteiger partial charge < -0.3 is 4.74 Å². The van der Waals surface area contributed by atoms with Crippen molar-refractivity contribution < 1.29 is 17.9 Å². The van der Waals surface area contributed by atoms with Crippen LogP contribution >= 0.6 is 11.6 Å². The van der Waals surface area contributed by atoms with Crippen LogP contribution in [0.3, 0.4) is 0 Å². The Morgan fingerprint density at radius 1 is 1.14 bits per heavy atom. The molecule has 0 aliphatic carbocycles. The highest BCUT2D eigenvalue weighted by Gasteiger charge is 2.29. The highest BCUT2D eigenvalue weighted by Crippen LogP contribution is 2.37. The molecule has 5 heteroatoms. The summed E-state index contributed by atoms with van der Waals surface area (Å²) >= 11 is 5.97. The Hall–Kier alpha value is -1.68. The molecular weight excluding hydrogens is 313 g/mol. The van der Waals surface area contributed by atoms with Crippen LogP contribution in [-0.2, 0) is 0 Å². The topological polar surface area (TPSA) is 9.23 Å². The summed E-state index contributed by atoms with van der Waals surface area (Å²) in [5, 5.41) is 0.106. The predicted molar refractivity (Wildman–Crippen MR) is 81.4 cm³/mol. The molecule has 0 unspecified atom stereocenters. The third kappa shape index (κ3) is 4.17. The van der Waals surface area contributed by atoms with Crippen molar-refractivity contribution in [1.82, 2.24) is 0 Å². The summed E-state index contributed by atoms with van der Waals surface area (Å²) in [6.45, 7) is 2.76. The minimum atomic E-state index is -4.42. The van der Waals surface area contributed by atoms with Crippen LogP contribution in [0.5, 0.6) is 5.75 Å². The summed E-state index contributed by atoms with van der Waals surface area (Å²) in [5.74, 6) is 0.399.